The number of amides is 2. The number of nitrogens with zero attached hydrogens (tertiary/aromatic N) is 4. The van der Waals surface area contributed by atoms with Gasteiger partial charge in [0.05, 0.1) is 22.0 Å². The Kier molecular flexibility index (Phi) is 6.99. The van der Waals surface area contributed by atoms with Gasteiger partial charge < -0.3 is 24.6 Å². The summed E-state index contributed by atoms with van der Waals surface area (Å²) < 4.78 is 11.0. The molecule has 0 saturated heterocycles. The second-order valence-electron chi connectivity index (χ2n) is 9.54. The van der Waals surface area contributed by atoms with Crippen molar-refractivity contribution < 1.29 is 24.0 Å². The molecule has 0 saturated carbocycles. The summed E-state index contributed by atoms with van der Waals surface area (Å²) in [7, 11) is 5.57. The predicted molar refractivity (Wildman–Crippen MR) is 146 cm³/mol. The molecule has 0 radical (unpaired) electrons. The summed E-state index contributed by atoms with van der Waals surface area (Å²) in [6.07, 6.45) is 0.395. The van der Waals surface area contributed by atoms with Gasteiger partial charge in [-0.3, -0.25) is 24.7 Å². The Labute approximate surface area is 224 Å². The number of fused-ring (bicyclic) bond motifs is 2. The minimum absolute atomic E-state index is 0.00525. The molecule has 3 aromatic carbocycles. The number of aliphatic imine (C=N–C) groups is 1. The molecule has 0 aliphatic carbocycles. The van der Waals surface area contributed by atoms with Gasteiger partial charge >= 0.3 is 0 Å². The third-order valence-corrected chi connectivity index (χ3v) is 6.65. The highest BCUT2D eigenvalue weighted by molar-refractivity contribution is 6.24. The third kappa shape index (κ3) is 5.30. The Hall–Kier alpha value is -4.77. The topological polar surface area (TPSA) is 127 Å². The summed E-state index contributed by atoms with van der Waals surface area (Å²) in [6.45, 7) is 0.752. The minimum Gasteiger partial charge on any atom is -0.454 e. The van der Waals surface area contributed by atoms with E-state index in [0.717, 1.165) is 5.69 Å². The van der Waals surface area contributed by atoms with Crippen molar-refractivity contribution in [3.05, 3.63) is 81.9 Å². The van der Waals surface area contributed by atoms with Crippen LogP contribution in [0.2, 0.25) is 0 Å². The van der Waals surface area contributed by atoms with Gasteiger partial charge in [0, 0.05) is 43.4 Å². The zero-order valence-electron chi connectivity index (χ0n) is 21.7. The fourth-order valence-electron chi connectivity index (χ4n) is 4.51. The Morgan fingerprint density at radius 3 is 2.51 bits per heavy atom. The van der Waals surface area contributed by atoms with Crippen molar-refractivity contribution >= 4 is 40.3 Å². The van der Waals surface area contributed by atoms with E-state index in [1.807, 2.05) is 19.0 Å². The molecule has 1 atom stereocenters. The van der Waals surface area contributed by atoms with Gasteiger partial charge in [-0.25, -0.2) is 0 Å². The Balaban J connectivity index is 1.52. The Bertz CT molecular complexity index is 1480. The van der Waals surface area contributed by atoms with Crippen molar-refractivity contribution in [3.8, 4) is 11.5 Å². The molecular weight excluding hydrogens is 502 g/mol. The lowest BCUT2D eigenvalue weighted by atomic mass is 9.90. The van der Waals surface area contributed by atoms with Crippen LogP contribution >= 0.6 is 0 Å². The van der Waals surface area contributed by atoms with Crippen LogP contribution in [0.15, 0.2) is 65.7 Å². The molecule has 39 heavy (non-hydrogen) atoms. The van der Waals surface area contributed by atoms with Crippen LogP contribution in [0.3, 0.4) is 0 Å². The maximum absolute atomic E-state index is 13.2. The number of hydrogen-bond acceptors (Lipinski definition) is 8. The van der Waals surface area contributed by atoms with Crippen LogP contribution in [0.25, 0.3) is 0 Å². The summed E-state index contributed by atoms with van der Waals surface area (Å²) in [5, 5.41) is 14.0. The van der Waals surface area contributed by atoms with Crippen LogP contribution in [0.5, 0.6) is 11.5 Å². The van der Waals surface area contributed by atoms with E-state index in [2.05, 4.69) is 5.32 Å². The molecule has 11 nitrogen and oxygen atoms in total. The van der Waals surface area contributed by atoms with Crippen LogP contribution in [0, 0.1) is 10.1 Å². The van der Waals surface area contributed by atoms with Crippen molar-refractivity contribution in [3.63, 3.8) is 0 Å². The predicted octanol–water partition coefficient (Wildman–Crippen LogP) is 4.09. The first-order chi connectivity index (χ1) is 18.7. The lowest BCUT2D eigenvalue weighted by Crippen LogP contribution is -2.29. The third-order valence-electron chi connectivity index (χ3n) is 6.65. The standard InChI is InChI=1S/C28H27N5O6/c1-31(2)13-12-25(34)32(3)19-7-5-18(6-8-19)29-27(17-4-11-23-24(14-17)39-16-38-23)26-21-10-9-20(33(36)37)15-22(21)30-28(26)35/h4-11,14-15,26H,12-13,16H2,1-3H3,(H,30,35). The number of ether oxygens (including phenoxy) is 2. The highest BCUT2D eigenvalue weighted by Crippen LogP contribution is 2.40. The number of anilines is 2. The van der Waals surface area contributed by atoms with Crippen LogP contribution in [-0.2, 0) is 9.59 Å². The highest BCUT2D eigenvalue weighted by Gasteiger charge is 2.37. The molecule has 1 unspecified atom stereocenters. The lowest BCUT2D eigenvalue weighted by Gasteiger charge is -2.19. The largest absolute Gasteiger partial charge is 0.454 e. The number of rotatable bonds is 8. The van der Waals surface area contributed by atoms with E-state index in [0.29, 0.717) is 52.7 Å². The van der Waals surface area contributed by atoms with Crippen molar-refractivity contribution in [1.82, 2.24) is 4.90 Å². The summed E-state index contributed by atoms with van der Waals surface area (Å²) in [5.74, 6) is -0.0257. The maximum Gasteiger partial charge on any atom is 0.271 e. The smallest absolute Gasteiger partial charge is 0.271 e. The van der Waals surface area contributed by atoms with Gasteiger partial charge in [-0.15, -0.1) is 0 Å². The van der Waals surface area contributed by atoms with Crippen LogP contribution in [-0.4, -0.2) is 61.8 Å². The van der Waals surface area contributed by atoms with Crippen LogP contribution < -0.4 is 19.7 Å². The van der Waals surface area contributed by atoms with Gasteiger partial charge in [0.25, 0.3) is 5.69 Å². The second kappa shape index (κ2) is 10.5. The number of benzene rings is 3. The minimum atomic E-state index is -0.809. The zero-order chi connectivity index (χ0) is 27.7. The second-order valence-corrected chi connectivity index (χ2v) is 9.54. The van der Waals surface area contributed by atoms with Gasteiger partial charge in [-0.05, 0) is 68.2 Å². The van der Waals surface area contributed by atoms with Crippen molar-refractivity contribution in [1.29, 1.82) is 0 Å². The number of nitrogens with one attached hydrogen (secondary N) is 1. The lowest BCUT2D eigenvalue weighted by molar-refractivity contribution is -0.384. The number of non-ortho nitro benzene ring substituents is 1. The average Bonchev–Trinajstić information content (AvgIpc) is 3.52. The maximum atomic E-state index is 13.2. The first kappa shape index (κ1) is 25.9. The van der Waals surface area contributed by atoms with E-state index in [9.17, 15) is 19.7 Å². The molecule has 200 valence electrons. The fraction of sp³-hybridized carbons (Fsp3) is 0.250. The quantitative estimate of drug-likeness (QED) is 0.264. The molecule has 0 fully saturated rings. The summed E-state index contributed by atoms with van der Waals surface area (Å²) in [5.41, 5.74) is 3.23. The highest BCUT2D eigenvalue weighted by atomic mass is 16.7. The Morgan fingerprint density at radius 2 is 1.79 bits per heavy atom. The normalized spacial score (nSPS) is 15.7. The van der Waals surface area contributed by atoms with Gasteiger partial charge in [-0.1, -0.05) is 0 Å². The monoisotopic (exact) mass is 529 g/mol. The first-order valence-corrected chi connectivity index (χ1v) is 12.3. The molecule has 2 aliphatic heterocycles. The number of carbonyl (C=O) groups is 2. The van der Waals surface area contributed by atoms with E-state index < -0.39 is 10.8 Å². The number of hydrogen-bond donors (Lipinski definition) is 1. The molecule has 11 heteroatoms. The average molecular weight is 530 g/mol. The molecule has 0 bridgehead atoms. The van der Waals surface area contributed by atoms with E-state index in [1.165, 1.54) is 12.1 Å². The van der Waals surface area contributed by atoms with Crippen molar-refractivity contribution in [2.45, 2.75) is 12.3 Å². The van der Waals surface area contributed by atoms with Gasteiger partial charge in [0.15, 0.2) is 11.5 Å². The van der Waals surface area contributed by atoms with E-state index >= 15 is 0 Å². The molecule has 2 amide bonds. The molecule has 3 aromatic rings. The van der Waals surface area contributed by atoms with E-state index in [4.69, 9.17) is 14.5 Å². The van der Waals surface area contributed by atoms with Crippen molar-refractivity contribution in [2.24, 2.45) is 4.99 Å². The van der Waals surface area contributed by atoms with Crippen LogP contribution in [0.4, 0.5) is 22.7 Å². The fourth-order valence-corrected chi connectivity index (χ4v) is 4.51. The molecule has 2 heterocycles. The molecule has 0 aromatic heterocycles. The number of nitro groups is 1. The molecular formula is C28H27N5O6. The molecule has 0 spiro atoms. The first-order valence-electron chi connectivity index (χ1n) is 12.3. The Morgan fingerprint density at radius 1 is 1.05 bits per heavy atom. The van der Waals surface area contributed by atoms with E-state index in [-0.39, 0.29) is 24.3 Å². The molecule has 2 aliphatic rings. The van der Waals surface area contributed by atoms with E-state index in [1.54, 1.807) is 60.5 Å². The summed E-state index contributed by atoms with van der Waals surface area (Å²) in [6, 6.07) is 16.8. The zero-order valence-corrected chi connectivity index (χ0v) is 21.7. The van der Waals surface area contributed by atoms with Crippen LogP contribution in [0.1, 0.15) is 23.5 Å². The number of nitro benzene ring substituents is 1. The van der Waals surface area contributed by atoms with Gasteiger partial charge in [-0.2, -0.15) is 0 Å². The van der Waals surface area contributed by atoms with Gasteiger partial charge in [0.1, 0.15) is 5.92 Å². The summed E-state index contributed by atoms with van der Waals surface area (Å²) in [4.78, 5) is 44.9. The van der Waals surface area contributed by atoms with Gasteiger partial charge in [0.2, 0.25) is 18.6 Å². The SMILES string of the molecule is CN(C)CCC(=O)N(C)c1ccc(N=C(c2ccc3c(c2)OCO3)C2C(=O)Nc3cc([N+](=O)[O-])ccc32)cc1. The number of carbonyl (C=O) groups excluding carboxylic acids is 2. The molecule has 5 rings (SSSR count). The summed E-state index contributed by atoms with van der Waals surface area (Å²) >= 11 is 0. The molecule has 1 N–H and O–H groups in total. The van der Waals surface area contributed by atoms with Crippen molar-refractivity contribution in [2.75, 3.05) is 44.7 Å².